The van der Waals surface area contributed by atoms with Gasteiger partial charge in [0.2, 0.25) is 5.91 Å². The Labute approximate surface area is 138 Å². The Morgan fingerprint density at radius 3 is 2.74 bits per heavy atom. The maximum absolute atomic E-state index is 12.9. The van der Waals surface area contributed by atoms with E-state index in [2.05, 4.69) is 36.1 Å². The number of nitriles is 1. The normalized spacial score (nSPS) is 22.3. The summed E-state index contributed by atoms with van der Waals surface area (Å²) in [7, 11) is 1.81. The first-order chi connectivity index (χ1) is 11.1. The van der Waals surface area contributed by atoms with Gasteiger partial charge in [-0.15, -0.1) is 0 Å². The number of amides is 1. The Kier molecular flexibility index (Phi) is 4.30. The van der Waals surface area contributed by atoms with E-state index >= 15 is 0 Å². The van der Waals surface area contributed by atoms with E-state index < -0.39 is 5.54 Å². The Hall–Kier alpha value is -2.02. The molecule has 0 saturated heterocycles. The van der Waals surface area contributed by atoms with Crippen molar-refractivity contribution in [1.29, 1.82) is 5.26 Å². The fourth-order valence-corrected chi connectivity index (χ4v) is 4.02. The molecule has 0 unspecified atom stereocenters. The van der Waals surface area contributed by atoms with Gasteiger partial charge in [0.15, 0.2) is 0 Å². The van der Waals surface area contributed by atoms with Crippen LogP contribution >= 0.6 is 0 Å². The summed E-state index contributed by atoms with van der Waals surface area (Å²) in [5, 5.41) is 9.67. The molecular formula is C19H25N3O. The van der Waals surface area contributed by atoms with Crippen LogP contribution in [0.25, 0.3) is 0 Å². The molecule has 1 fully saturated rings. The van der Waals surface area contributed by atoms with E-state index in [4.69, 9.17) is 0 Å². The monoisotopic (exact) mass is 311 g/mol. The molecule has 1 aromatic rings. The topological polar surface area (TPSA) is 47.3 Å². The number of carbonyl (C=O) groups excluding carboxylic acids is 1. The summed E-state index contributed by atoms with van der Waals surface area (Å²) in [5.41, 5.74) is 1.87. The van der Waals surface area contributed by atoms with Crippen molar-refractivity contribution < 1.29 is 4.79 Å². The molecule has 0 N–H and O–H groups in total. The van der Waals surface area contributed by atoms with Gasteiger partial charge in [0.05, 0.1) is 12.6 Å². The van der Waals surface area contributed by atoms with Crippen molar-refractivity contribution >= 4 is 11.6 Å². The van der Waals surface area contributed by atoms with Crippen LogP contribution in [0.15, 0.2) is 24.3 Å². The predicted molar refractivity (Wildman–Crippen MR) is 91.2 cm³/mol. The first-order valence-electron chi connectivity index (χ1n) is 8.60. The second kappa shape index (κ2) is 6.23. The highest BCUT2D eigenvalue weighted by molar-refractivity contribution is 5.83. The molecule has 122 valence electrons. The Balaban J connectivity index is 1.75. The van der Waals surface area contributed by atoms with Gasteiger partial charge in [0.1, 0.15) is 5.54 Å². The molecule has 4 heteroatoms. The molecule has 1 saturated carbocycles. The third kappa shape index (κ3) is 2.81. The molecule has 1 aliphatic carbocycles. The van der Waals surface area contributed by atoms with Crippen LogP contribution in [-0.4, -0.2) is 36.0 Å². The molecule has 0 bridgehead atoms. The molecule has 0 aromatic heterocycles. The molecule has 1 aromatic carbocycles. The van der Waals surface area contributed by atoms with Gasteiger partial charge < -0.3 is 9.80 Å². The molecule has 0 spiro atoms. The highest BCUT2D eigenvalue weighted by Crippen LogP contribution is 2.34. The molecule has 1 aliphatic heterocycles. The van der Waals surface area contributed by atoms with E-state index in [1.165, 1.54) is 12.0 Å². The number of benzene rings is 1. The SMILES string of the molecule is C[C@@H]1Cc2ccccc2N1CC(=O)N(C)C1(C#N)CCCCC1. The largest absolute Gasteiger partial charge is 0.359 e. The lowest BCUT2D eigenvalue weighted by molar-refractivity contribution is -0.133. The summed E-state index contributed by atoms with van der Waals surface area (Å²) in [6, 6.07) is 11.1. The van der Waals surface area contributed by atoms with E-state index in [0.717, 1.165) is 37.8 Å². The fraction of sp³-hybridized carbons (Fsp3) is 0.579. The van der Waals surface area contributed by atoms with Crippen LogP contribution in [0.5, 0.6) is 0 Å². The van der Waals surface area contributed by atoms with Crippen LogP contribution in [-0.2, 0) is 11.2 Å². The molecule has 1 atom stereocenters. The summed E-state index contributed by atoms with van der Waals surface area (Å²) in [6.07, 6.45) is 5.83. The average Bonchev–Trinajstić information content (AvgIpc) is 2.90. The van der Waals surface area contributed by atoms with Crippen LogP contribution in [0.3, 0.4) is 0 Å². The summed E-state index contributed by atoms with van der Waals surface area (Å²) < 4.78 is 0. The molecule has 0 radical (unpaired) electrons. The lowest BCUT2D eigenvalue weighted by Crippen LogP contribution is -2.53. The maximum Gasteiger partial charge on any atom is 0.243 e. The van der Waals surface area contributed by atoms with Crippen LogP contribution in [0.2, 0.25) is 0 Å². The summed E-state index contributed by atoms with van der Waals surface area (Å²) >= 11 is 0. The quantitative estimate of drug-likeness (QED) is 0.861. The van der Waals surface area contributed by atoms with Gasteiger partial charge in [-0.2, -0.15) is 5.26 Å². The van der Waals surface area contributed by atoms with Gasteiger partial charge >= 0.3 is 0 Å². The van der Waals surface area contributed by atoms with E-state index in [1.807, 2.05) is 13.1 Å². The molecular weight excluding hydrogens is 286 g/mol. The number of hydrogen-bond acceptors (Lipinski definition) is 3. The Bertz CT molecular complexity index is 628. The Morgan fingerprint density at radius 1 is 1.35 bits per heavy atom. The highest BCUT2D eigenvalue weighted by Gasteiger charge is 2.40. The van der Waals surface area contributed by atoms with Gasteiger partial charge in [0, 0.05) is 18.8 Å². The van der Waals surface area contributed by atoms with Crippen molar-refractivity contribution in [1.82, 2.24) is 4.90 Å². The number of fused-ring (bicyclic) bond motifs is 1. The van der Waals surface area contributed by atoms with Crippen LogP contribution in [0.4, 0.5) is 5.69 Å². The van der Waals surface area contributed by atoms with Gasteiger partial charge in [-0.25, -0.2) is 0 Å². The zero-order valence-electron chi connectivity index (χ0n) is 14.1. The van der Waals surface area contributed by atoms with Crippen molar-refractivity contribution in [2.75, 3.05) is 18.5 Å². The third-order valence-corrected chi connectivity index (χ3v) is 5.56. The minimum atomic E-state index is -0.599. The zero-order chi connectivity index (χ0) is 16.4. The number of anilines is 1. The first kappa shape index (κ1) is 15.9. The molecule has 2 aliphatic rings. The van der Waals surface area contributed by atoms with Crippen molar-refractivity contribution in [3.63, 3.8) is 0 Å². The van der Waals surface area contributed by atoms with Gasteiger partial charge in [-0.3, -0.25) is 4.79 Å². The Morgan fingerprint density at radius 2 is 2.04 bits per heavy atom. The number of carbonyl (C=O) groups is 1. The molecule has 3 rings (SSSR count). The average molecular weight is 311 g/mol. The number of para-hydroxylation sites is 1. The van der Waals surface area contributed by atoms with Crippen molar-refractivity contribution in [3.8, 4) is 6.07 Å². The summed E-state index contributed by atoms with van der Waals surface area (Å²) in [4.78, 5) is 16.8. The lowest BCUT2D eigenvalue weighted by Gasteiger charge is -2.40. The van der Waals surface area contributed by atoms with Crippen LogP contribution in [0, 0.1) is 11.3 Å². The minimum Gasteiger partial charge on any atom is -0.359 e. The molecule has 1 amide bonds. The first-order valence-corrected chi connectivity index (χ1v) is 8.60. The second-order valence-electron chi connectivity index (χ2n) is 6.97. The number of likely N-dealkylation sites (N-methyl/N-ethyl adjacent to an activating group) is 1. The van der Waals surface area contributed by atoms with E-state index in [0.29, 0.717) is 12.6 Å². The molecule has 1 heterocycles. The highest BCUT2D eigenvalue weighted by atomic mass is 16.2. The smallest absolute Gasteiger partial charge is 0.243 e. The van der Waals surface area contributed by atoms with E-state index in [-0.39, 0.29) is 5.91 Å². The number of rotatable bonds is 3. The van der Waals surface area contributed by atoms with Crippen molar-refractivity contribution in [3.05, 3.63) is 29.8 Å². The second-order valence-corrected chi connectivity index (χ2v) is 6.97. The molecule has 4 nitrogen and oxygen atoms in total. The van der Waals surface area contributed by atoms with Crippen molar-refractivity contribution in [2.45, 2.75) is 57.0 Å². The third-order valence-electron chi connectivity index (χ3n) is 5.56. The van der Waals surface area contributed by atoms with Crippen LogP contribution < -0.4 is 4.90 Å². The zero-order valence-corrected chi connectivity index (χ0v) is 14.1. The minimum absolute atomic E-state index is 0.0528. The predicted octanol–water partition coefficient (Wildman–Crippen LogP) is 3.12. The maximum atomic E-state index is 12.9. The van der Waals surface area contributed by atoms with E-state index in [1.54, 1.807) is 4.90 Å². The van der Waals surface area contributed by atoms with Crippen LogP contribution in [0.1, 0.15) is 44.6 Å². The lowest BCUT2D eigenvalue weighted by atomic mass is 9.81. The number of nitrogens with zero attached hydrogens (tertiary/aromatic N) is 3. The summed E-state index contributed by atoms with van der Waals surface area (Å²) in [5.74, 6) is 0.0528. The molecule has 23 heavy (non-hydrogen) atoms. The van der Waals surface area contributed by atoms with E-state index in [9.17, 15) is 10.1 Å². The number of hydrogen-bond donors (Lipinski definition) is 0. The van der Waals surface area contributed by atoms with Gasteiger partial charge in [-0.1, -0.05) is 37.5 Å². The van der Waals surface area contributed by atoms with Crippen molar-refractivity contribution in [2.24, 2.45) is 0 Å². The van der Waals surface area contributed by atoms with Gasteiger partial charge in [-0.05, 0) is 37.8 Å². The standard InChI is InChI=1S/C19H25N3O/c1-15-12-16-8-4-5-9-17(16)22(15)13-18(23)21(2)19(14-20)10-6-3-7-11-19/h4-5,8-9,15H,3,6-7,10-13H2,1-2H3/t15-/m1/s1. The fourth-order valence-electron chi connectivity index (χ4n) is 4.02. The summed E-state index contributed by atoms with van der Waals surface area (Å²) in [6.45, 7) is 2.52. The van der Waals surface area contributed by atoms with Gasteiger partial charge in [0.25, 0.3) is 0 Å².